The van der Waals surface area contributed by atoms with Gasteiger partial charge in [0.2, 0.25) is 15.4 Å². The zero-order chi connectivity index (χ0) is 23.2. The first-order valence-electron chi connectivity index (χ1n) is 11.2. The standard InChI is InChI=1S/C25H28N2O5S/c1-17-4-6-20(14-18(17)2)33(28,29)23-16-26-22-7-5-19(30-3)15-21(22)24(23)27-10-8-25(9-11-27)31-12-13-32-25/h4-7,14-16H,8-13H2,1-3H3/p+1. The van der Waals surface area contributed by atoms with Gasteiger partial charge in [0.05, 0.1) is 36.3 Å². The summed E-state index contributed by atoms with van der Waals surface area (Å²) in [5, 5.41) is 0.809. The Morgan fingerprint density at radius 3 is 2.39 bits per heavy atom. The summed E-state index contributed by atoms with van der Waals surface area (Å²) in [5.74, 6) is 0.131. The van der Waals surface area contributed by atoms with Gasteiger partial charge in [0.15, 0.2) is 16.9 Å². The Labute approximate surface area is 194 Å². The Hall–Kier alpha value is -2.68. The van der Waals surface area contributed by atoms with Crippen LogP contribution in [-0.2, 0) is 19.3 Å². The molecule has 8 heteroatoms. The third-order valence-electron chi connectivity index (χ3n) is 6.81. The largest absolute Gasteiger partial charge is 0.497 e. The summed E-state index contributed by atoms with van der Waals surface area (Å²) < 4.78 is 45.0. The van der Waals surface area contributed by atoms with E-state index in [9.17, 15) is 8.42 Å². The van der Waals surface area contributed by atoms with E-state index in [1.165, 1.54) is 0 Å². The Morgan fingerprint density at radius 2 is 1.73 bits per heavy atom. The minimum atomic E-state index is -3.77. The van der Waals surface area contributed by atoms with Gasteiger partial charge in [-0.3, -0.25) is 0 Å². The lowest BCUT2D eigenvalue weighted by atomic mass is 10.0. The molecule has 0 radical (unpaired) electrons. The van der Waals surface area contributed by atoms with E-state index in [0.29, 0.717) is 55.5 Å². The Bertz CT molecular complexity index is 1310. The molecule has 33 heavy (non-hydrogen) atoms. The molecule has 5 rings (SSSR count). The van der Waals surface area contributed by atoms with Crippen LogP contribution in [0.3, 0.4) is 0 Å². The normalized spacial score (nSPS) is 18.2. The Balaban J connectivity index is 1.66. The number of piperidine rings is 1. The van der Waals surface area contributed by atoms with Crippen LogP contribution in [0.25, 0.3) is 10.9 Å². The zero-order valence-corrected chi connectivity index (χ0v) is 20.0. The smallest absolute Gasteiger partial charge is 0.214 e. The number of aromatic nitrogens is 1. The molecule has 2 aromatic carbocycles. The molecule has 0 bridgehead atoms. The predicted octanol–water partition coefficient (Wildman–Crippen LogP) is 3.46. The summed E-state index contributed by atoms with van der Waals surface area (Å²) in [7, 11) is -2.16. The van der Waals surface area contributed by atoms with Crippen LogP contribution in [0.1, 0.15) is 24.0 Å². The summed E-state index contributed by atoms with van der Waals surface area (Å²) in [4.78, 5) is 5.88. The van der Waals surface area contributed by atoms with Crippen molar-refractivity contribution in [1.29, 1.82) is 0 Å². The lowest BCUT2D eigenvalue weighted by molar-refractivity contribution is -0.347. The summed E-state index contributed by atoms with van der Waals surface area (Å²) in [6.45, 7) is 6.37. The molecular formula is C25H29N2O5S+. The molecular weight excluding hydrogens is 440 g/mol. The van der Waals surface area contributed by atoms with Crippen LogP contribution in [0.4, 0.5) is 5.69 Å². The summed E-state index contributed by atoms with van der Waals surface area (Å²) >= 11 is 0. The summed E-state index contributed by atoms with van der Waals surface area (Å²) in [6, 6.07) is 11.0. The van der Waals surface area contributed by atoms with E-state index in [2.05, 4.69) is 9.88 Å². The molecule has 0 saturated carbocycles. The maximum Gasteiger partial charge on any atom is 0.214 e. The highest BCUT2D eigenvalue weighted by molar-refractivity contribution is 7.91. The number of hydrogen-bond acceptors (Lipinski definition) is 6. The molecule has 3 heterocycles. The quantitative estimate of drug-likeness (QED) is 0.582. The number of pyridine rings is 1. The molecule has 1 aromatic heterocycles. The van der Waals surface area contributed by atoms with Gasteiger partial charge >= 0.3 is 0 Å². The third-order valence-corrected chi connectivity index (χ3v) is 8.57. The van der Waals surface area contributed by atoms with Gasteiger partial charge < -0.3 is 19.1 Å². The molecule has 0 atom stereocenters. The number of aromatic amines is 1. The predicted molar refractivity (Wildman–Crippen MR) is 125 cm³/mol. The number of fused-ring (bicyclic) bond motifs is 1. The van der Waals surface area contributed by atoms with Gasteiger partial charge in [0.25, 0.3) is 0 Å². The number of H-pyrrole nitrogens is 1. The number of methoxy groups -OCH3 is 1. The second kappa shape index (κ2) is 8.27. The monoisotopic (exact) mass is 469 g/mol. The fourth-order valence-corrected chi connectivity index (χ4v) is 6.25. The first-order valence-corrected chi connectivity index (χ1v) is 12.7. The van der Waals surface area contributed by atoms with Crippen molar-refractivity contribution in [3.8, 4) is 5.75 Å². The highest BCUT2D eigenvalue weighted by atomic mass is 32.2. The van der Waals surface area contributed by atoms with Gasteiger partial charge in [-0.2, -0.15) is 0 Å². The van der Waals surface area contributed by atoms with Gasteiger partial charge in [0.1, 0.15) is 5.75 Å². The number of rotatable bonds is 4. The van der Waals surface area contributed by atoms with Crippen LogP contribution < -0.4 is 14.6 Å². The molecule has 7 nitrogen and oxygen atoms in total. The fraction of sp³-hybridized carbons (Fsp3) is 0.400. The molecule has 1 N–H and O–H groups in total. The molecule has 1 spiro atoms. The van der Waals surface area contributed by atoms with Crippen LogP contribution in [0.2, 0.25) is 0 Å². The van der Waals surface area contributed by atoms with Crippen molar-refractivity contribution in [3.63, 3.8) is 0 Å². The van der Waals surface area contributed by atoms with Crippen molar-refractivity contribution in [2.75, 3.05) is 38.3 Å². The molecule has 2 aliphatic rings. The minimum absolute atomic E-state index is 0.260. The molecule has 174 valence electrons. The number of nitrogens with one attached hydrogen (secondary N) is 1. The molecule has 3 aromatic rings. The van der Waals surface area contributed by atoms with E-state index in [0.717, 1.165) is 22.0 Å². The average molecular weight is 470 g/mol. The van der Waals surface area contributed by atoms with Gasteiger partial charge in [-0.05, 0) is 49.2 Å². The summed E-state index contributed by atoms with van der Waals surface area (Å²) in [6.07, 6.45) is 2.97. The van der Waals surface area contributed by atoms with Crippen molar-refractivity contribution in [2.45, 2.75) is 42.3 Å². The highest BCUT2D eigenvalue weighted by Gasteiger charge is 2.41. The molecule has 0 unspecified atom stereocenters. The van der Waals surface area contributed by atoms with E-state index < -0.39 is 15.6 Å². The topological polar surface area (TPSA) is 79.2 Å². The second-order valence-electron chi connectivity index (χ2n) is 8.76. The fourth-order valence-electron chi connectivity index (χ4n) is 4.71. The number of sulfone groups is 1. The van der Waals surface area contributed by atoms with Crippen LogP contribution >= 0.6 is 0 Å². The maximum absolute atomic E-state index is 13.9. The number of benzene rings is 2. The molecule has 0 aliphatic carbocycles. The number of nitrogens with zero attached hydrogens (tertiary/aromatic N) is 1. The number of aryl methyl sites for hydroxylation is 2. The second-order valence-corrected chi connectivity index (χ2v) is 10.7. The zero-order valence-electron chi connectivity index (χ0n) is 19.2. The molecule has 2 aliphatic heterocycles. The minimum Gasteiger partial charge on any atom is -0.497 e. The summed E-state index contributed by atoms with van der Waals surface area (Å²) in [5.41, 5.74) is 3.54. The van der Waals surface area contributed by atoms with E-state index in [4.69, 9.17) is 14.2 Å². The van der Waals surface area contributed by atoms with Crippen LogP contribution in [0.5, 0.6) is 5.75 Å². The SMILES string of the molecule is COc1ccc2[nH+]cc(S(=O)(=O)c3ccc(C)c(C)c3)c(N3CCC4(CC3)OCCO4)c2c1. The number of anilines is 1. The van der Waals surface area contributed by atoms with Gasteiger partial charge in [-0.25, -0.2) is 13.4 Å². The van der Waals surface area contributed by atoms with Crippen molar-refractivity contribution >= 4 is 26.4 Å². The molecule has 2 fully saturated rings. The number of hydrogen-bond donors (Lipinski definition) is 0. The molecule has 2 saturated heterocycles. The van der Waals surface area contributed by atoms with Crippen molar-refractivity contribution in [3.05, 3.63) is 53.7 Å². The first kappa shape index (κ1) is 22.1. The highest BCUT2D eigenvalue weighted by Crippen LogP contribution is 2.40. The third kappa shape index (κ3) is 3.86. The van der Waals surface area contributed by atoms with Crippen LogP contribution in [-0.4, -0.2) is 47.6 Å². The molecule has 0 amide bonds. The Morgan fingerprint density at radius 1 is 1.00 bits per heavy atom. The van der Waals surface area contributed by atoms with Gasteiger partial charge in [-0.15, -0.1) is 0 Å². The lowest BCUT2D eigenvalue weighted by Gasteiger charge is -2.39. The van der Waals surface area contributed by atoms with Crippen molar-refractivity contribution in [1.82, 2.24) is 0 Å². The van der Waals surface area contributed by atoms with E-state index in [1.54, 1.807) is 25.4 Å². The van der Waals surface area contributed by atoms with Crippen LogP contribution in [0, 0.1) is 13.8 Å². The van der Waals surface area contributed by atoms with Gasteiger partial charge in [-0.1, -0.05) is 6.07 Å². The van der Waals surface area contributed by atoms with Crippen LogP contribution in [0.15, 0.2) is 52.4 Å². The number of ether oxygens (including phenoxy) is 3. The van der Waals surface area contributed by atoms with Gasteiger partial charge in [0, 0.05) is 32.0 Å². The maximum atomic E-state index is 13.9. The average Bonchev–Trinajstić information content (AvgIpc) is 3.28. The Kier molecular flexibility index (Phi) is 5.55. The van der Waals surface area contributed by atoms with Crippen molar-refractivity contribution in [2.24, 2.45) is 0 Å². The van der Waals surface area contributed by atoms with E-state index >= 15 is 0 Å². The first-order chi connectivity index (χ1) is 15.8. The van der Waals surface area contributed by atoms with Crippen molar-refractivity contribution < 1.29 is 27.6 Å². The lowest BCUT2D eigenvalue weighted by Crippen LogP contribution is -2.45. The van der Waals surface area contributed by atoms with E-state index in [1.807, 2.05) is 38.1 Å². The van der Waals surface area contributed by atoms with E-state index in [-0.39, 0.29) is 4.90 Å².